The van der Waals surface area contributed by atoms with Gasteiger partial charge in [-0.25, -0.2) is 9.78 Å². The van der Waals surface area contributed by atoms with Crippen molar-refractivity contribution in [2.75, 3.05) is 0 Å². The maximum atomic E-state index is 12.6. The lowest BCUT2D eigenvalue weighted by molar-refractivity contribution is 0.0697. The highest BCUT2D eigenvalue weighted by Gasteiger charge is 2.10. The molecule has 0 saturated heterocycles. The monoisotopic (exact) mass is 422 g/mol. The minimum absolute atomic E-state index is 0.163. The molecule has 1 N–H and O–H groups in total. The SMILES string of the molecule is O=C(O)c1ccc(-n2cnc3c(Br)cc(Br)cc3c2=O)cc1. The smallest absolute Gasteiger partial charge is 0.335 e. The van der Waals surface area contributed by atoms with E-state index in [0.717, 1.165) is 8.95 Å². The lowest BCUT2D eigenvalue weighted by Crippen LogP contribution is -2.19. The Bertz CT molecular complexity index is 949. The number of rotatable bonds is 2. The topological polar surface area (TPSA) is 72.2 Å². The molecule has 0 aliphatic carbocycles. The first-order valence-corrected chi connectivity index (χ1v) is 7.76. The number of aromatic carboxylic acids is 1. The summed E-state index contributed by atoms with van der Waals surface area (Å²) >= 11 is 6.73. The van der Waals surface area contributed by atoms with Crippen molar-refractivity contribution in [1.82, 2.24) is 9.55 Å². The van der Waals surface area contributed by atoms with Crippen LogP contribution in [0, 0.1) is 0 Å². The predicted molar refractivity (Wildman–Crippen MR) is 89.7 cm³/mol. The van der Waals surface area contributed by atoms with Crippen molar-refractivity contribution in [2.24, 2.45) is 0 Å². The molecule has 0 aliphatic rings. The summed E-state index contributed by atoms with van der Waals surface area (Å²) in [4.78, 5) is 27.8. The maximum absolute atomic E-state index is 12.6. The highest BCUT2D eigenvalue weighted by molar-refractivity contribution is 9.11. The first-order valence-electron chi connectivity index (χ1n) is 6.17. The first kappa shape index (κ1) is 14.9. The van der Waals surface area contributed by atoms with E-state index in [4.69, 9.17) is 5.11 Å². The highest BCUT2D eigenvalue weighted by Crippen LogP contribution is 2.25. The van der Waals surface area contributed by atoms with Gasteiger partial charge in [0.25, 0.3) is 5.56 Å². The number of nitrogens with zero attached hydrogens (tertiary/aromatic N) is 2. The number of benzene rings is 2. The van der Waals surface area contributed by atoms with Crippen LogP contribution >= 0.6 is 31.9 Å². The van der Waals surface area contributed by atoms with Crippen molar-refractivity contribution >= 4 is 48.7 Å². The molecule has 1 aromatic heterocycles. The molecule has 0 atom stereocenters. The van der Waals surface area contributed by atoms with Crippen LogP contribution in [0.15, 0.2) is 56.5 Å². The molecule has 0 aliphatic heterocycles. The van der Waals surface area contributed by atoms with E-state index in [1.165, 1.54) is 23.0 Å². The van der Waals surface area contributed by atoms with Crippen LogP contribution in [0.4, 0.5) is 0 Å². The van der Waals surface area contributed by atoms with Crippen LogP contribution in [0.1, 0.15) is 10.4 Å². The summed E-state index contributed by atoms with van der Waals surface area (Å²) in [5.41, 5.74) is 1.07. The molecule has 0 amide bonds. The molecule has 0 fully saturated rings. The van der Waals surface area contributed by atoms with Crippen molar-refractivity contribution in [3.63, 3.8) is 0 Å². The Labute approximate surface area is 141 Å². The second-order valence-corrected chi connectivity index (χ2v) is 6.33. The summed E-state index contributed by atoms with van der Waals surface area (Å²) < 4.78 is 2.87. The number of hydrogen-bond donors (Lipinski definition) is 1. The van der Waals surface area contributed by atoms with E-state index >= 15 is 0 Å². The minimum Gasteiger partial charge on any atom is -0.478 e. The van der Waals surface area contributed by atoms with Crippen LogP contribution in [-0.4, -0.2) is 20.6 Å². The lowest BCUT2D eigenvalue weighted by atomic mass is 10.2. The van der Waals surface area contributed by atoms with E-state index in [1.807, 2.05) is 6.07 Å². The summed E-state index contributed by atoms with van der Waals surface area (Å²) in [5, 5.41) is 9.38. The van der Waals surface area contributed by atoms with Gasteiger partial charge in [-0.3, -0.25) is 9.36 Å². The Kier molecular flexibility index (Phi) is 3.84. The quantitative estimate of drug-likeness (QED) is 0.683. The van der Waals surface area contributed by atoms with E-state index < -0.39 is 5.97 Å². The molecule has 0 unspecified atom stereocenters. The zero-order valence-corrected chi connectivity index (χ0v) is 14.1. The van der Waals surface area contributed by atoms with Crippen LogP contribution in [0.5, 0.6) is 0 Å². The van der Waals surface area contributed by atoms with E-state index in [1.54, 1.807) is 18.2 Å². The average molecular weight is 424 g/mol. The third-order valence-corrected chi connectivity index (χ3v) is 4.23. The van der Waals surface area contributed by atoms with Crippen molar-refractivity contribution in [3.8, 4) is 5.69 Å². The van der Waals surface area contributed by atoms with Gasteiger partial charge < -0.3 is 5.11 Å². The molecule has 3 rings (SSSR count). The summed E-state index contributed by atoms with van der Waals surface area (Å²) in [7, 11) is 0. The average Bonchev–Trinajstić information content (AvgIpc) is 2.48. The maximum Gasteiger partial charge on any atom is 0.335 e. The Balaban J connectivity index is 2.22. The van der Waals surface area contributed by atoms with Crippen LogP contribution in [0.2, 0.25) is 0 Å². The Morgan fingerprint density at radius 3 is 2.45 bits per heavy atom. The summed E-state index contributed by atoms with van der Waals surface area (Å²) in [6.45, 7) is 0. The zero-order valence-electron chi connectivity index (χ0n) is 11.0. The number of fused-ring (bicyclic) bond motifs is 1. The van der Waals surface area contributed by atoms with Crippen molar-refractivity contribution in [1.29, 1.82) is 0 Å². The molecule has 0 saturated carbocycles. The molecule has 2 aromatic carbocycles. The van der Waals surface area contributed by atoms with Gasteiger partial charge in [0.2, 0.25) is 0 Å². The Hall–Kier alpha value is -1.99. The number of halogens is 2. The predicted octanol–water partition coefficient (Wildman–Crippen LogP) is 3.61. The van der Waals surface area contributed by atoms with Crippen LogP contribution in [0.25, 0.3) is 16.6 Å². The molecular formula is C15H8Br2N2O3. The molecule has 5 nitrogen and oxygen atoms in total. The van der Waals surface area contributed by atoms with E-state index in [2.05, 4.69) is 36.8 Å². The van der Waals surface area contributed by atoms with Crippen LogP contribution < -0.4 is 5.56 Å². The standard InChI is InChI=1S/C15H8Br2N2O3/c16-9-5-11-13(12(17)6-9)18-7-19(14(11)20)10-3-1-8(2-4-10)15(21)22/h1-7H,(H,21,22). The summed E-state index contributed by atoms with van der Waals surface area (Å²) in [6.07, 6.45) is 1.43. The highest BCUT2D eigenvalue weighted by atomic mass is 79.9. The number of carboxylic acid groups (broad SMARTS) is 1. The molecule has 1 heterocycles. The van der Waals surface area contributed by atoms with Gasteiger partial charge in [0.05, 0.1) is 22.2 Å². The zero-order chi connectivity index (χ0) is 15.9. The minimum atomic E-state index is -1.01. The molecule has 0 bridgehead atoms. The Morgan fingerprint density at radius 2 is 1.82 bits per heavy atom. The van der Waals surface area contributed by atoms with Crippen molar-refractivity contribution < 1.29 is 9.90 Å². The van der Waals surface area contributed by atoms with Crippen LogP contribution in [-0.2, 0) is 0 Å². The van der Waals surface area contributed by atoms with E-state index in [-0.39, 0.29) is 11.1 Å². The van der Waals surface area contributed by atoms with Crippen LogP contribution in [0.3, 0.4) is 0 Å². The fraction of sp³-hybridized carbons (Fsp3) is 0. The van der Waals surface area contributed by atoms with Crippen molar-refractivity contribution in [2.45, 2.75) is 0 Å². The number of carbonyl (C=O) groups is 1. The van der Waals surface area contributed by atoms with Gasteiger partial charge in [-0.2, -0.15) is 0 Å². The van der Waals surface area contributed by atoms with Gasteiger partial charge in [-0.1, -0.05) is 15.9 Å². The third kappa shape index (κ3) is 2.57. The molecule has 0 radical (unpaired) electrons. The first-order chi connectivity index (χ1) is 10.5. The van der Waals surface area contributed by atoms with Gasteiger partial charge >= 0.3 is 5.97 Å². The fourth-order valence-electron chi connectivity index (χ4n) is 2.11. The number of hydrogen-bond acceptors (Lipinski definition) is 3. The lowest BCUT2D eigenvalue weighted by Gasteiger charge is -2.08. The molecule has 110 valence electrons. The fourth-order valence-corrected chi connectivity index (χ4v) is 3.43. The molecule has 0 spiro atoms. The Morgan fingerprint density at radius 1 is 1.14 bits per heavy atom. The second-order valence-electron chi connectivity index (χ2n) is 4.56. The molecule has 22 heavy (non-hydrogen) atoms. The molecule has 3 aromatic rings. The van der Waals surface area contributed by atoms with E-state index in [0.29, 0.717) is 16.6 Å². The van der Waals surface area contributed by atoms with Crippen molar-refractivity contribution in [3.05, 3.63) is 67.6 Å². The second kappa shape index (κ2) is 5.66. The normalized spacial score (nSPS) is 10.8. The number of aromatic nitrogens is 2. The van der Waals surface area contributed by atoms with Gasteiger partial charge in [-0.15, -0.1) is 0 Å². The largest absolute Gasteiger partial charge is 0.478 e. The molecular weight excluding hydrogens is 416 g/mol. The van der Waals surface area contributed by atoms with Gasteiger partial charge in [0, 0.05) is 8.95 Å². The van der Waals surface area contributed by atoms with Gasteiger partial charge in [0.1, 0.15) is 6.33 Å². The van der Waals surface area contributed by atoms with E-state index in [9.17, 15) is 9.59 Å². The summed E-state index contributed by atoms with van der Waals surface area (Å²) in [5.74, 6) is -1.01. The molecule has 7 heteroatoms. The summed E-state index contributed by atoms with van der Waals surface area (Å²) in [6, 6.07) is 9.57. The van der Waals surface area contributed by atoms with Gasteiger partial charge in [0.15, 0.2) is 0 Å². The third-order valence-electron chi connectivity index (χ3n) is 3.17. The number of carboxylic acids is 1. The van der Waals surface area contributed by atoms with Gasteiger partial charge in [-0.05, 0) is 52.3 Å².